The number of likely N-dealkylation sites (N-methyl/N-ethyl adjacent to an activating group) is 1. The highest BCUT2D eigenvalue weighted by atomic mass is 16.5. The molecule has 0 fully saturated rings. The second-order valence-corrected chi connectivity index (χ2v) is 5.19. The summed E-state index contributed by atoms with van der Waals surface area (Å²) in [5.41, 5.74) is 5.95. The number of nitrogens with two attached hydrogens (primary N) is 1. The van der Waals surface area contributed by atoms with Crippen molar-refractivity contribution in [3.05, 3.63) is 30.3 Å². The average molecular weight is 278 g/mol. The molecule has 0 bridgehead atoms. The molecule has 0 radical (unpaired) electrons. The highest BCUT2D eigenvalue weighted by molar-refractivity contribution is 5.81. The molecule has 1 rings (SSSR count). The summed E-state index contributed by atoms with van der Waals surface area (Å²) in [4.78, 5) is 13.8. The van der Waals surface area contributed by atoms with Gasteiger partial charge >= 0.3 is 0 Å². The maximum atomic E-state index is 12.1. The van der Waals surface area contributed by atoms with Gasteiger partial charge in [0.05, 0.1) is 12.6 Å². The third-order valence-corrected chi connectivity index (χ3v) is 3.57. The molecule has 1 amide bonds. The van der Waals surface area contributed by atoms with Crippen molar-refractivity contribution < 1.29 is 9.53 Å². The molecule has 0 heterocycles. The van der Waals surface area contributed by atoms with Crippen LogP contribution in [0.3, 0.4) is 0 Å². The summed E-state index contributed by atoms with van der Waals surface area (Å²) in [5.74, 6) is 1.09. The number of carbonyl (C=O) groups excluding carboxylic acids is 1. The van der Waals surface area contributed by atoms with Gasteiger partial charge in [-0.25, -0.2) is 0 Å². The number of hydrogen-bond acceptors (Lipinski definition) is 3. The number of ether oxygens (including phenoxy) is 1. The van der Waals surface area contributed by atoms with Crippen LogP contribution in [0.15, 0.2) is 30.3 Å². The molecule has 0 saturated heterocycles. The van der Waals surface area contributed by atoms with Gasteiger partial charge in [0.1, 0.15) is 5.75 Å². The van der Waals surface area contributed by atoms with Crippen molar-refractivity contribution >= 4 is 5.91 Å². The summed E-state index contributed by atoms with van der Waals surface area (Å²) < 4.78 is 5.60. The van der Waals surface area contributed by atoms with E-state index in [9.17, 15) is 4.79 Å². The molecule has 0 aliphatic rings. The lowest BCUT2D eigenvalue weighted by Crippen LogP contribution is -2.45. The molecule has 1 aromatic rings. The Morgan fingerprint density at radius 1 is 1.35 bits per heavy atom. The number of hydrogen-bond donors (Lipinski definition) is 1. The van der Waals surface area contributed by atoms with Gasteiger partial charge in [-0.05, 0) is 24.5 Å². The van der Waals surface area contributed by atoms with Gasteiger partial charge in [-0.3, -0.25) is 4.79 Å². The minimum atomic E-state index is -0.403. The minimum absolute atomic E-state index is 0.0130. The zero-order valence-electron chi connectivity index (χ0n) is 12.7. The Morgan fingerprint density at radius 2 is 2.00 bits per heavy atom. The maximum Gasteiger partial charge on any atom is 0.239 e. The van der Waals surface area contributed by atoms with Crippen molar-refractivity contribution in [1.29, 1.82) is 0 Å². The zero-order valence-corrected chi connectivity index (χ0v) is 12.7. The van der Waals surface area contributed by atoms with Crippen LogP contribution in [-0.2, 0) is 4.79 Å². The topological polar surface area (TPSA) is 55.6 Å². The SMILES string of the molecule is CCC(C)[C@H](N)C(=O)N(C)CCCOc1ccccc1. The van der Waals surface area contributed by atoms with E-state index in [1.165, 1.54) is 0 Å². The first kappa shape index (κ1) is 16.5. The third-order valence-electron chi connectivity index (χ3n) is 3.57. The highest BCUT2D eigenvalue weighted by Gasteiger charge is 2.22. The van der Waals surface area contributed by atoms with E-state index in [-0.39, 0.29) is 11.8 Å². The lowest BCUT2D eigenvalue weighted by atomic mass is 9.99. The van der Waals surface area contributed by atoms with Crippen molar-refractivity contribution in [2.75, 3.05) is 20.2 Å². The largest absolute Gasteiger partial charge is 0.494 e. The predicted octanol–water partition coefficient (Wildman–Crippen LogP) is 2.29. The maximum absolute atomic E-state index is 12.1. The summed E-state index contributed by atoms with van der Waals surface area (Å²) in [6.45, 7) is 5.32. The number of carbonyl (C=O) groups is 1. The number of rotatable bonds is 8. The van der Waals surface area contributed by atoms with Gasteiger partial charge in [0.2, 0.25) is 5.91 Å². The fourth-order valence-corrected chi connectivity index (χ4v) is 1.87. The Bertz CT molecular complexity index is 395. The van der Waals surface area contributed by atoms with E-state index in [0.29, 0.717) is 13.2 Å². The van der Waals surface area contributed by atoms with Crippen molar-refractivity contribution in [3.63, 3.8) is 0 Å². The molecular formula is C16H26N2O2. The van der Waals surface area contributed by atoms with Crippen molar-refractivity contribution in [1.82, 2.24) is 4.90 Å². The van der Waals surface area contributed by atoms with Gasteiger partial charge in [0.15, 0.2) is 0 Å². The first-order chi connectivity index (χ1) is 9.56. The van der Waals surface area contributed by atoms with Gasteiger partial charge in [0.25, 0.3) is 0 Å². The van der Waals surface area contributed by atoms with Gasteiger partial charge in [-0.1, -0.05) is 38.5 Å². The average Bonchev–Trinajstić information content (AvgIpc) is 2.50. The summed E-state index contributed by atoms with van der Waals surface area (Å²) in [6, 6.07) is 9.28. The van der Waals surface area contributed by atoms with Crippen LogP contribution in [0.4, 0.5) is 0 Å². The zero-order chi connectivity index (χ0) is 15.0. The first-order valence-corrected chi connectivity index (χ1v) is 7.24. The standard InChI is InChI=1S/C16H26N2O2/c1-4-13(2)15(17)16(19)18(3)11-8-12-20-14-9-6-5-7-10-14/h5-7,9-10,13,15H,4,8,11-12,17H2,1-3H3/t13?,15-/m0/s1. The number of para-hydroxylation sites is 1. The van der Waals surface area contributed by atoms with Gasteiger partial charge in [-0.15, -0.1) is 0 Å². The van der Waals surface area contributed by atoms with Crippen LogP contribution in [0.1, 0.15) is 26.7 Å². The van der Waals surface area contributed by atoms with Crippen LogP contribution in [0.2, 0.25) is 0 Å². The second-order valence-electron chi connectivity index (χ2n) is 5.19. The normalized spacial score (nSPS) is 13.6. The van der Waals surface area contributed by atoms with Crippen molar-refractivity contribution in [2.24, 2.45) is 11.7 Å². The lowest BCUT2D eigenvalue weighted by Gasteiger charge is -2.24. The Balaban J connectivity index is 2.26. The molecule has 4 heteroatoms. The van der Waals surface area contributed by atoms with Gasteiger partial charge < -0.3 is 15.4 Å². The molecule has 112 valence electrons. The Labute approximate surface area is 121 Å². The number of nitrogens with zero attached hydrogens (tertiary/aromatic N) is 1. The number of benzene rings is 1. The van der Waals surface area contributed by atoms with Gasteiger partial charge in [0, 0.05) is 13.6 Å². The smallest absolute Gasteiger partial charge is 0.239 e. The van der Waals surface area contributed by atoms with E-state index in [4.69, 9.17) is 10.5 Å². The summed E-state index contributed by atoms with van der Waals surface area (Å²) in [5, 5.41) is 0. The summed E-state index contributed by atoms with van der Waals surface area (Å²) >= 11 is 0. The van der Waals surface area contributed by atoms with Crippen LogP contribution in [0, 0.1) is 5.92 Å². The number of amides is 1. The molecule has 0 aromatic heterocycles. The minimum Gasteiger partial charge on any atom is -0.494 e. The summed E-state index contributed by atoms with van der Waals surface area (Å²) in [7, 11) is 1.80. The molecular weight excluding hydrogens is 252 g/mol. The predicted molar refractivity (Wildman–Crippen MR) is 81.6 cm³/mol. The molecule has 2 atom stereocenters. The monoisotopic (exact) mass is 278 g/mol. The van der Waals surface area contributed by atoms with Crippen molar-refractivity contribution in [3.8, 4) is 5.75 Å². The summed E-state index contributed by atoms with van der Waals surface area (Å²) in [6.07, 6.45) is 1.71. The van der Waals surface area contributed by atoms with E-state index in [0.717, 1.165) is 18.6 Å². The van der Waals surface area contributed by atoms with Crippen LogP contribution in [0.25, 0.3) is 0 Å². The van der Waals surface area contributed by atoms with Crippen molar-refractivity contribution in [2.45, 2.75) is 32.7 Å². The molecule has 1 aromatic carbocycles. The van der Waals surface area contributed by atoms with Crippen LogP contribution >= 0.6 is 0 Å². The first-order valence-electron chi connectivity index (χ1n) is 7.24. The molecule has 4 nitrogen and oxygen atoms in total. The molecule has 0 spiro atoms. The quantitative estimate of drug-likeness (QED) is 0.742. The third kappa shape index (κ3) is 5.21. The second kappa shape index (κ2) is 8.59. The molecule has 1 unspecified atom stereocenters. The fraction of sp³-hybridized carbons (Fsp3) is 0.562. The van der Waals surface area contributed by atoms with E-state index in [1.54, 1.807) is 11.9 Å². The van der Waals surface area contributed by atoms with Gasteiger partial charge in [-0.2, -0.15) is 0 Å². The molecule has 0 aliphatic heterocycles. The van der Waals surface area contributed by atoms with Crippen LogP contribution in [-0.4, -0.2) is 37.0 Å². The highest BCUT2D eigenvalue weighted by Crippen LogP contribution is 2.10. The van der Waals surface area contributed by atoms with E-state index in [1.807, 2.05) is 44.2 Å². The molecule has 0 saturated carbocycles. The Morgan fingerprint density at radius 3 is 2.60 bits per heavy atom. The molecule has 20 heavy (non-hydrogen) atoms. The van der Waals surface area contributed by atoms with Crippen LogP contribution in [0.5, 0.6) is 5.75 Å². The lowest BCUT2D eigenvalue weighted by molar-refractivity contribution is -0.132. The molecule has 2 N–H and O–H groups in total. The van der Waals surface area contributed by atoms with Crippen LogP contribution < -0.4 is 10.5 Å². The van der Waals surface area contributed by atoms with E-state index in [2.05, 4.69) is 0 Å². The Kier molecular flexibility index (Phi) is 7.09. The van der Waals surface area contributed by atoms with E-state index >= 15 is 0 Å². The Hall–Kier alpha value is -1.55. The fourth-order valence-electron chi connectivity index (χ4n) is 1.87. The van der Waals surface area contributed by atoms with E-state index < -0.39 is 6.04 Å². The molecule has 0 aliphatic carbocycles.